The summed E-state index contributed by atoms with van der Waals surface area (Å²) >= 11 is 0. The quantitative estimate of drug-likeness (QED) is 0.664. The van der Waals surface area contributed by atoms with Gasteiger partial charge in [-0.05, 0) is 23.3 Å². The van der Waals surface area contributed by atoms with Gasteiger partial charge < -0.3 is 10.5 Å². The molecule has 0 spiro atoms. The maximum absolute atomic E-state index is 11.2. The van der Waals surface area contributed by atoms with Crippen LogP contribution in [0.15, 0.2) is 54.6 Å². The molecule has 0 amide bonds. The zero-order chi connectivity index (χ0) is 13.0. The van der Waals surface area contributed by atoms with Gasteiger partial charge in [-0.25, -0.2) is 0 Å². The van der Waals surface area contributed by atoms with Crippen LogP contribution in [-0.4, -0.2) is 5.97 Å². The Kier molecular flexibility index (Phi) is 3.63. The fraction of sp³-hybridized carbons (Fsp3) is 0.133. The van der Waals surface area contributed by atoms with Gasteiger partial charge in [-0.2, -0.15) is 0 Å². The van der Waals surface area contributed by atoms with E-state index in [1.807, 2.05) is 42.5 Å². The van der Waals surface area contributed by atoms with Crippen molar-refractivity contribution in [3.05, 3.63) is 65.7 Å². The number of esters is 1. The molecule has 0 fully saturated rings. The van der Waals surface area contributed by atoms with Crippen LogP contribution in [0.5, 0.6) is 0 Å². The van der Waals surface area contributed by atoms with Gasteiger partial charge in [0.05, 0.1) is 0 Å². The Morgan fingerprint density at radius 3 is 2.11 bits per heavy atom. The molecule has 0 aromatic heterocycles. The maximum Gasteiger partial charge on any atom is 0.303 e. The van der Waals surface area contributed by atoms with E-state index in [1.165, 1.54) is 6.92 Å². The van der Waals surface area contributed by atoms with Crippen LogP contribution in [0.4, 0.5) is 5.69 Å². The van der Waals surface area contributed by atoms with Crippen molar-refractivity contribution in [1.29, 1.82) is 0 Å². The number of carbonyl (C=O) groups is 1. The second kappa shape index (κ2) is 5.36. The standard InChI is InChI=1S/C15H15NO2/c1-11(17)18-15(12-5-3-2-4-6-12)13-7-9-14(16)10-8-13/h2-10,15H,16H2,1H3. The van der Waals surface area contributed by atoms with E-state index < -0.39 is 0 Å². The molecule has 2 N–H and O–H groups in total. The molecule has 3 heteroatoms. The van der Waals surface area contributed by atoms with Crippen LogP contribution < -0.4 is 5.73 Å². The summed E-state index contributed by atoms with van der Waals surface area (Å²) in [6.07, 6.45) is -0.385. The lowest BCUT2D eigenvalue weighted by Crippen LogP contribution is -2.10. The Balaban J connectivity index is 2.36. The molecule has 0 heterocycles. The summed E-state index contributed by atoms with van der Waals surface area (Å²) in [5.74, 6) is -0.305. The molecule has 0 aliphatic heterocycles. The van der Waals surface area contributed by atoms with E-state index >= 15 is 0 Å². The van der Waals surface area contributed by atoms with Gasteiger partial charge in [0.15, 0.2) is 6.10 Å². The number of rotatable bonds is 3. The SMILES string of the molecule is CC(=O)OC(c1ccccc1)c1ccc(N)cc1. The fourth-order valence-corrected chi connectivity index (χ4v) is 1.79. The van der Waals surface area contributed by atoms with Gasteiger partial charge >= 0.3 is 5.97 Å². The highest BCUT2D eigenvalue weighted by atomic mass is 16.5. The van der Waals surface area contributed by atoms with E-state index in [-0.39, 0.29) is 12.1 Å². The molecular formula is C15H15NO2. The topological polar surface area (TPSA) is 52.3 Å². The lowest BCUT2D eigenvalue weighted by Gasteiger charge is -2.18. The highest BCUT2D eigenvalue weighted by Crippen LogP contribution is 2.26. The first kappa shape index (κ1) is 12.2. The number of nitrogens with two attached hydrogens (primary N) is 1. The Labute approximate surface area is 106 Å². The summed E-state index contributed by atoms with van der Waals surface area (Å²) in [4.78, 5) is 11.2. The van der Waals surface area contributed by atoms with Crippen molar-refractivity contribution in [3.8, 4) is 0 Å². The normalized spacial score (nSPS) is 11.8. The number of hydrogen-bond acceptors (Lipinski definition) is 3. The Morgan fingerprint density at radius 2 is 1.56 bits per heavy atom. The van der Waals surface area contributed by atoms with Crippen molar-refractivity contribution >= 4 is 11.7 Å². The average Bonchev–Trinajstić information content (AvgIpc) is 2.38. The van der Waals surface area contributed by atoms with Crippen LogP contribution in [0, 0.1) is 0 Å². The van der Waals surface area contributed by atoms with Gasteiger partial charge in [-0.1, -0.05) is 42.5 Å². The van der Waals surface area contributed by atoms with Crippen LogP contribution >= 0.6 is 0 Å². The fourth-order valence-electron chi connectivity index (χ4n) is 1.79. The molecule has 18 heavy (non-hydrogen) atoms. The molecule has 0 saturated heterocycles. The third-order valence-corrected chi connectivity index (χ3v) is 2.63. The number of benzene rings is 2. The molecule has 0 saturated carbocycles. The van der Waals surface area contributed by atoms with E-state index in [1.54, 1.807) is 12.1 Å². The highest BCUT2D eigenvalue weighted by molar-refractivity contribution is 5.67. The lowest BCUT2D eigenvalue weighted by atomic mass is 10.0. The zero-order valence-corrected chi connectivity index (χ0v) is 10.2. The largest absolute Gasteiger partial charge is 0.453 e. The molecule has 92 valence electrons. The van der Waals surface area contributed by atoms with E-state index in [2.05, 4.69) is 0 Å². The van der Waals surface area contributed by atoms with Crippen LogP contribution in [0.1, 0.15) is 24.2 Å². The first-order chi connectivity index (χ1) is 8.66. The van der Waals surface area contributed by atoms with Crippen molar-refractivity contribution in [2.24, 2.45) is 0 Å². The zero-order valence-electron chi connectivity index (χ0n) is 10.2. The molecule has 1 atom stereocenters. The van der Waals surface area contributed by atoms with Gasteiger partial charge in [0, 0.05) is 12.6 Å². The minimum atomic E-state index is -0.385. The molecule has 0 bridgehead atoms. The summed E-state index contributed by atoms with van der Waals surface area (Å²) in [7, 11) is 0. The third-order valence-electron chi connectivity index (χ3n) is 2.63. The van der Waals surface area contributed by atoms with Crippen molar-refractivity contribution < 1.29 is 9.53 Å². The number of carbonyl (C=O) groups excluding carboxylic acids is 1. The van der Waals surface area contributed by atoms with E-state index in [0.29, 0.717) is 5.69 Å². The summed E-state index contributed by atoms with van der Waals surface area (Å²) in [6, 6.07) is 17.0. The summed E-state index contributed by atoms with van der Waals surface area (Å²) < 4.78 is 5.38. The molecular weight excluding hydrogens is 226 g/mol. The van der Waals surface area contributed by atoms with E-state index in [0.717, 1.165) is 11.1 Å². The van der Waals surface area contributed by atoms with Gasteiger partial charge in [0.1, 0.15) is 0 Å². The monoisotopic (exact) mass is 241 g/mol. The van der Waals surface area contributed by atoms with Gasteiger partial charge in [-0.15, -0.1) is 0 Å². The van der Waals surface area contributed by atoms with Crippen molar-refractivity contribution in [3.63, 3.8) is 0 Å². The average molecular weight is 241 g/mol. The Hall–Kier alpha value is -2.29. The highest BCUT2D eigenvalue weighted by Gasteiger charge is 2.16. The minimum absolute atomic E-state index is 0.305. The van der Waals surface area contributed by atoms with Gasteiger partial charge in [-0.3, -0.25) is 4.79 Å². The van der Waals surface area contributed by atoms with Crippen molar-refractivity contribution in [2.45, 2.75) is 13.0 Å². The molecule has 0 aliphatic rings. The number of hydrogen-bond donors (Lipinski definition) is 1. The predicted octanol–water partition coefficient (Wildman–Crippen LogP) is 2.92. The molecule has 2 aromatic carbocycles. The number of nitrogen functional groups attached to an aromatic ring is 1. The molecule has 0 radical (unpaired) electrons. The van der Waals surface area contributed by atoms with Crippen LogP contribution in [-0.2, 0) is 9.53 Å². The first-order valence-corrected chi connectivity index (χ1v) is 5.74. The second-order valence-corrected chi connectivity index (χ2v) is 4.07. The van der Waals surface area contributed by atoms with Gasteiger partial charge in [0.2, 0.25) is 0 Å². The number of ether oxygens (including phenoxy) is 1. The molecule has 0 aliphatic carbocycles. The molecule has 1 unspecified atom stereocenters. The third kappa shape index (κ3) is 2.88. The van der Waals surface area contributed by atoms with Crippen molar-refractivity contribution in [1.82, 2.24) is 0 Å². The number of anilines is 1. The summed E-state index contributed by atoms with van der Waals surface area (Å²) in [5.41, 5.74) is 8.20. The Morgan fingerprint density at radius 1 is 1.00 bits per heavy atom. The van der Waals surface area contributed by atoms with Crippen LogP contribution in [0.2, 0.25) is 0 Å². The molecule has 2 aromatic rings. The van der Waals surface area contributed by atoms with Crippen molar-refractivity contribution in [2.75, 3.05) is 5.73 Å². The first-order valence-electron chi connectivity index (χ1n) is 5.74. The Bertz CT molecular complexity index is 520. The summed E-state index contributed by atoms with van der Waals surface area (Å²) in [6.45, 7) is 1.41. The van der Waals surface area contributed by atoms with Crippen LogP contribution in [0.3, 0.4) is 0 Å². The molecule has 3 nitrogen and oxygen atoms in total. The van der Waals surface area contributed by atoms with Gasteiger partial charge in [0.25, 0.3) is 0 Å². The second-order valence-electron chi connectivity index (χ2n) is 4.07. The minimum Gasteiger partial charge on any atom is -0.453 e. The predicted molar refractivity (Wildman–Crippen MR) is 70.9 cm³/mol. The van der Waals surface area contributed by atoms with E-state index in [9.17, 15) is 4.79 Å². The van der Waals surface area contributed by atoms with E-state index in [4.69, 9.17) is 10.5 Å². The maximum atomic E-state index is 11.2. The lowest BCUT2D eigenvalue weighted by molar-refractivity contribution is -0.144. The molecule has 2 rings (SSSR count). The summed E-state index contributed by atoms with van der Waals surface area (Å²) in [5, 5.41) is 0. The smallest absolute Gasteiger partial charge is 0.303 e. The van der Waals surface area contributed by atoms with Crippen LogP contribution in [0.25, 0.3) is 0 Å².